The van der Waals surface area contributed by atoms with Gasteiger partial charge in [-0.2, -0.15) is 0 Å². The standard InChI is InChI=1S/C7H13FN2O/c8-7(5-6(9)11)1-3-10-4-2-7/h10H,1-5H2,(H2,9,11). The van der Waals surface area contributed by atoms with Gasteiger partial charge < -0.3 is 11.1 Å². The van der Waals surface area contributed by atoms with Crippen molar-refractivity contribution in [2.24, 2.45) is 5.73 Å². The van der Waals surface area contributed by atoms with Crippen molar-refractivity contribution in [3.05, 3.63) is 0 Å². The fraction of sp³-hybridized carbons (Fsp3) is 0.857. The largest absolute Gasteiger partial charge is 0.370 e. The van der Waals surface area contributed by atoms with Crippen molar-refractivity contribution in [1.29, 1.82) is 0 Å². The number of hydrogen-bond donors (Lipinski definition) is 2. The molecule has 1 aliphatic heterocycles. The van der Waals surface area contributed by atoms with Crippen LogP contribution >= 0.6 is 0 Å². The number of nitrogens with one attached hydrogen (secondary N) is 1. The summed E-state index contributed by atoms with van der Waals surface area (Å²) >= 11 is 0. The predicted octanol–water partition coefficient (Wildman–Crippen LogP) is -0.0465. The quantitative estimate of drug-likeness (QED) is 0.595. The van der Waals surface area contributed by atoms with Crippen molar-refractivity contribution in [1.82, 2.24) is 5.32 Å². The van der Waals surface area contributed by atoms with Gasteiger partial charge in [-0.3, -0.25) is 4.79 Å². The van der Waals surface area contributed by atoms with Gasteiger partial charge in [-0.25, -0.2) is 4.39 Å². The van der Waals surface area contributed by atoms with E-state index >= 15 is 0 Å². The Labute approximate surface area is 65.1 Å². The van der Waals surface area contributed by atoms with Crippen LogP contribution in [0, 0.1) is 0 Å². The molecule has 0 unspecified atom stereocenters. The molecule has 0 aromatic heterocycles. The molecule has 1 rings (SSSR count). The van der Waals surface area contributed by atoms with Gasteiger partial charge in [-0.1, -0.05) is 0 Å². The maximum Gasteiger partial charge on any atom is 0.220 e. The van der Waals surface area contributed by atoms with E-state index in [9.17, 15) is 9.18 Å². The van der Waals surface area contributed by atoms with Gasteiger partial charge in [0, 0.05) is 0 Å². The second kappa shape index (κ2) is 3.17. The number of hydrogen-bond acceptors (Lipinski definition) is 2. The second-order valence-corrected chi connectivity index (χ2v) is 3.04. The Morgan fingerprint density at radius 3 is 2.55 bits per heavy atom. The second-order valence-electron chi connectivity index (χ2n) is 3.04. The highest BCUT2D eigenvalue weighted by Crippen LogP contribution is 2.26. The molecular weight excluding hydrogens is 147 g/mol. The number of nitrogens with two attached hydrogens (primary N) is 1. The molecule has 0 spiro atoms. The molecule has 1 heterocycles. The van der Waals surface area contributed by atoms with Gasteiger partial charge in [-0.15, -0.1) is 0 Å². The fourth-order valence-corrected chi connectivity index (χ4v) is 1.36. The summed E-state index contributed by atoms with van der Waals surface area (Å²) in [4.78, 5) is 10.4. The van der Waals surface area contributed by atoms with Crippen LogP contribution < -0.4 is 11.1 Å². The van der Waals surface area contributed by atoms with Crippen LogP contribution in [0.5, 0.6) is 0 Å². The molecule has 1 aliphatic rings. The van der Waals surface area contributed by atoms with Crippen LogP contribution in [0.1, 0.15) is 19.3 Å². The third-order valence-electron chi connectivity index (χ3n) is 1.99. The minimum Gasteiger partial charge on any atom is -0.370 e. The molecular formula is C7H13FN2O. The number of carbonyl (C=O) groups is 1. The normalized spacial score (nSPS) is 23.0. The highest BCUT2D eigenvalue weighted by molar-refractivity contribution is 5.74. The SMILES string of the molecule is NC(=O)CC1(F)CCNCC1. The van der Waals surface area contributed by atoms with Gasteiger partial charge in [0.15, 0.2) is 0 Å². The molecule has 3 nitrogen and oxygen atoms in total. The molecule has 1 fully saturated rings. The van der Waals surface area contributed by atoms with E-state index < -0.39 is 11.6 Å². The molecule has 3 N–H and O–H groups in total. The van der Waals surface area contributed by atoms with Crippen LogP contribution in [0.4, 0.5) is 4.39 Å². The average Bonchev–Trinajstić information content (AvgIpc) is 1.85. The van der Waals surface area contributed by atoms with Crippen molar-refractivity contribution in [2.45, 2.75) is 24.9 Å². The average molecular weight is 160 g/mol. The lowest BCUT2D eigenvalue weighted by Crippen LogP contribution is -2.41. The summed E-state index contributed by atoms with van der Waals surface area (Å²) in [6, 6.07) is 0. The molecule has 0 saturated carbocycles. The summed E-state index contributed by atoms with van der Waals surface area (Å²) in [6.07, 6.45) is 0.667. The van der Waals surface area contributed by atoms with Crippen molar-refractivity contribution in [3.8, 4) is 0 Å². The van der Waals surface area contributed by atoms with Gasteiger partial charge in [0.1, 0.15) is 5.67 Å². The van der Waals surface area contributed by atoms with Crippen molar-refractivity contribution in [2.75, 3.05) is 13.1 Å². The predicted molar refractivity (Wildman–Crippen MR) is 39.8 cm³/mol. The maximum atomic E-state index is 13.5. The molecule has 0 radical (unpaired) electrons. The summed E-state index contributed by atoms with van der Waals surface area (Å²) in [5.74, 6) is -0.547. The summed E-state index contributed by atoms with van der Waals surface area (Å²) in [5, 5.41) is 3.02. The third kappa shape index (κ3) is 2.46. The molecule has 0 aromatic rings. The van der Waals surface area contributed by atoms with Crippen molar-refractivity contribution >= 4 is 5.91 Å². The van der Waals surface area contributed by atoms with Gasteiger partial charge in [-0.05, 0) is 25.9 Å². The Morgan fingerprint density at radius 2 is 2.09 bits per heavy atom. The van der Waals surface area contributed by atoms with Crippen LogP contribution in [0.3, 0.4) is 0 Å². The lowest BCUT2D eigenvalue weighted by Gasteiger charge is -2.28. The molecule has 0 aromatic carbocycles. The van der Waals surface area contributed by atoms with E-state index in [0.717, 1.165) is 0 Å². The van der Waals surface area contributed by atoms with E-state index in [0.29, 0.717) is 25.9 Å². The van der Waals surface area contributed by atoms with Crippen LogP contribution in [0.2, 0.25) is 0 Å². The lowest BCUT2D eigenvalue weighted by molar-refractivity contribution is -0.121. The topological polar surface area (TPSA) is 55.1 Å². The van der Waals surface area contributed by atoms with Gasteiger partial charge >= 0.3 is 0 Å². The summed E-state index contributed by atoms with van der Waals surface area (Å²) < 4.78 is 13.5. The van der Waals surface area contributed by atoms with E-state index in [2.05, 4.69) is 5.32 Å². The van der Waals surface area contributed by atoms with Crippen molar-refractivity contribution in [3.63, 3.8) is 0 Å². The third-order valence-corrected chi connectivity index (χ3v) is 1.99. The van der Waals surface area contributed by atoms with Gasteiger partial charge in [0.05, 0.1) is 6.42 Å². The maximum absolute atomic E-state index is 13.5. The summed E-state index contributed by atoms with van der Waals surface area (Å²) in [5.41, 5.74) is 3.57. The van der Waals surface area contributed by atoms with E-state index in [4.69, 9.17) is 5.73 Å². The minimum atomic E-state index is -1.34. The first kappa shape index (κ1) is 8.46. The highest BCUT2D eigenvalue weighted by atomic mass is 19.1. The first-order valence-corrected chi connectivity index (χ1v) is 3.80. The zero-order chi connectivity index (χ0) is 8.32. The zero-order valence-electron chi connectivity index (χ0n) is 6.40. The Morgan fingerprint density at radius 1 is 1.55 bits per heavy atom. The van der Waals surface area contributed by atoms with E-state index in [-0.39, 0.29) is 6.42 Å². The summed E-state index contributed by atoms with van der Waals surface area (Å²) in [6.45, 7) is 1.29. The molecule has 11 heavy (non-hydrogen) atoms. The number of halogens is 1. The van der Waals surface area contributed by atoms with E-state index in [1.807, 2.05) is 0 Å². The fourth-order valence-electron chi connectivity index (χ4n) is 1.36. The van der Waals surface area contributed by atoms with Crippen LogP contribution in [0.25, 0.3) is 0 Å². The van der Waals surface area contributed by atoms with Gasteiger partial charge in [0.2, 0.25) is 5.91 Å². The first-order valence-electron chi connectivity index (χ1n) is 3.80. The number of alkyl halides is 1. The molecule has 1 amide bonds. The molecule has 0 aliphatic carbocycles. The molecule has 0 bridgehead atoms. The number of piperidine rings is 1. The smallest absolute Gasteiger partial charge is 0.220 e. The first-order chi connectivity index (χ1) is 5.12. The van der Waals surface area contributed by atoms with Crippen molar-refractivity contribution < 1.29 is 9.18 Å². The molecule has 0 atom stereocenters. The Balaban J connectivity index is 2.43. The highest BCUT2D eigenvalue weighted by Gasteiger charge is 2.33. The molecule has 1 saturated heterocycles. The molecule has 64 valence electrons. The van der Waals surface area contributed by atoms with E-state index in [1.54, 1.807) is 0 Å². The van der Waals surface area contributed by atoms with E-state index in [1.165, 1.54) is 0 Å². The Hall–Kier alpha value is -0.640. The number of rotatable bonds is 2. The van der Waals surface area contributed by atoms with Crippen LogP contribution in [0.15, 0.2) is 0 Å². The number of amides is 1. The summed E-state index contributed by atoms with van der Waals surface area (Å²) in [7, 11) is 0. The number of primary amides is 1. The Bertz CT molecular complexity index is 155. The molecule has 4 heteroatoms. The van der Waals surface area contributed by atoms with Gasteiger partial charge in [0.25, 0.3) is 0 Å². The Kier molecular flexibility index (Phi) is 2.44. The monoisotopic (exact) mass is 160 g/mol. The van der Waals surface area contributed by atoms with Crippen LogP contribution in [-0.4, -0.2) is 24.7 Å². The lowest BCUT2D eigenvalue weighted by atomic mass is 9.91. The zero-order valence-corrected chi connectivity index (χ0v) is 6.40. The minimum absolute atomic E-state index is 0.130. The number of carbonyl (C=O) groups excluding carboxylic acids is 1. The van der Waals surface area contributed by atoms with Crippen LogP contribution in [-0.2, 0) is 4.79 Å².